The summed E-state index contributed by atoms with van der Waals surface area (Å²) in [5.41, 5.74) is 1.66. The minimum Gasteiger partial charge on any atom is -0.469 e. The van der Waals surface area contributed by atoms with Crippen molar-refractivity contribution in [1.29, 1.82) is 5.26 Å². The fourth-order valence-electron chi connectivity index (χ4n) is 2.22. The zero-order chi connectivity index (χ0) is 17.2. The van der Waals surface area contributed by atoms with E-state index in [0.717, 1.165) is 5.56 Å². The molecule has 0 fully saturated rings. The Bertz CT molecular complexity index is 563. The van der Waals surface area contributed by atoms with Crippen molar-refractivity contribution in [2.45, 2.75) is 26.3 Å². The molecule has 0 aliphatic heterocycles. The zero-order valence-electron chi connectivity index (χ0n) is 13.8. The highest BCUT2D eigenvalue weighted by Gasteiger charge is 2.17. The highest BCUT2D eigenvalue weighted by atomic mass is 16.5. The molecule has 0 bridgehead atoms. The van der Waals surface area contributed by atoms with E-state index in [1.54, 1.807) is 12.1 Å². The standard InChI is InChI=1S/C17H23N3O3/c1-4-20(12-16(21)19-10-9-17(22)23-3)13(2)15-7-5-14(11-18)6-8-15/h5-8,13H,4,9-10,12H2,1-3H3,(H,19,21). The molecule has 1 aromatic rings. The largest absolute Gasteiger partial charge is 0.469 e. The van der Waals surface area contributed by atoms with Crippen molar-refractivity contribution in [3.05, 3.63) is 35.4 Å². The number of benzene rings is 1. The molecule has 1 N–H and O–H groups in total. The third kappa shape index (κ3) is 6.09. The third-order valence-electron chi connectivity index (χ3n) is 3.70. The number of esters is 1. The van der Waals surface area contributed by atoms with E-state index in [1.807, 2.05) is 30.9 Å². The lowest BCUT2D eigenvalue weighted by atomic mass is 10.1. The van der Waals surface area contributed by atoms with Gasteiger partial charge in [-0.1, -0.05) is 19.1 Å². The van der Waals surface area contributed by atoms with Crippen LogP contribution in [0.1, 0.15) is 37.4 Å². The maximum atomic E-state index is 12.0. The maximum absolute atomic E-state index is 12.0. The van der Waals surface area contributed by atoms with Gasteiger partial charge in [-0.3, -0.25) is 14.5 Å². The first-order valence-corrected chi connectivity index (χ1v) is 7.59. The number of ether oxygens (including phenoxy) is 1. The first-order valence-electron chi connectivity index (χ1n) is 7.59. The number of amides is 1. The molecule has 1 rings (SSSR count). The molecule has 1 unspecified atom stereocenters. The minimum atomic E-state index is -0.344. The van der Waals surface area contributed by atoms with Crippen LogP contribution in [0.15, 0.2) is 24.3 Å². The normalized spacial score (nSPS) is 11.6. The van der Waals surface area contributed by atoms with Crippen LogP contribution in [0, 0.1) is 11.3 Å². The van der Waals surface area contributed by atoms with Crippen molar-refractivity contribution in [2.24, 2.45) is 0 Å². The van der Waals surface area contributed by atoms with Gasteiger partial charge in [-0.05, 0) is 31.2 Å². The number of nitrogens with zero attached hydrogens (tertiary/aromatic N) is 2. The van der Waals surface area contributed by atoms with Crippen LogP contribution >= 0.6 is 0 Å². The summed E-state index contributed by atoms with van der Waals surface area (Å²) >= 11 is 0. The van der Waals surface area contributed by atoms with Crippen LogP contribution in [0.5, 0.6) is 0 Å². The van der Waals surface area contributed by atoms with E-state index >= 15 is 0 Å². The monoisotopic (exact) mass is 317 g/mol. The van der Waals surface area contributed by atoms with Gasteiger partial charge in [0.05, 0.1) is 31.7 Å². The number of carbonyl (C=O) groups excluding carboxylic acids is 2. The summed E-state index contributed by atoms with van der Waals surface area (Å²) in [4.78, 5) is 25.0. The second-order valence-corrected chi connectivity index (χ2v) is 5.15. The zero-order valence-corrected chi connectivity index (χ0v) is 13.8. The van der Waals surface area contributed by atoms with Crippen LogP contribution in [-0.4, -0.2) is 43.5 Å². The van der Waals surface area contributed by atoms with E-state index in [0.29, 0.717) is 12.1 Å². The molecule has 0 aliphatic rings. The lowest BCUT2D eigenvalue weighted by Crippen LogP contribution is -2.39. The number of nitrogens with one attached hydrogen (secondary N) is 1. The van der Waals surface area contributed by atoms with Gasteiger partial charge >= 0.3 is 5.97 Å². The Morgan fingerprint density at radius 2 is 2.00 bits per heavy atom. The molecule has 23 heavy (non-hydrogen) atoms. The predicted octanol–water partition coefficient (Wildman–Crippen LogP) is 1.62. The highest BCUT2D eigenvalue weighted by molar-refractivity contribution is 5.78. The molecule has 1 aromatic carbocycles. The average molecular weight is 317 g/mol. The second-order valence-electron chi connectivity index (χ2n) is 5.15. The van der Waals surface area contributed by atoms with Crippen molar-refractivity contribution in [2.75, 3.05) is 26.7 Å². The molecular formula is C17H23N3O3. The van der Waals surface area contributed by atoms with Crippen LogP contribution in [0.3, 0.4) is 0 Å². The molecule has 0 spiro atoms. The van der Waals surface area contributed by atoms with Gasteiger partial charge in [-0.25, -0.2) is 0 Å². The number of nitriles is 1. The van der Waals surface area contributed by atoms with Gasteiger partial charge in [0.25, 0.3) is 0 Å². The third-order valence-corrected chi connectivity index (χ3v) is 3.70. The Balaban J connectivity index is 2.55. The van der Waals surface area contributed by atoms with Crippen molar-refractivity contribution < 1.29 is 14.3 Å². The van der Waals surface area contributed by atoms with E-state index in [9.17, 15) is 9.59 Å². The van der Waals surface area contributed by atoms with Gasteiger partial charge in [0, 0.05) is 12.6 Å². The smallest absolute Gasteiger partial charge is 0.307 e. The fraction of sp³-hybridized carbons (Fsp3) is 0.471. The molecular weight excluding hydrogens is 294 g/mol. The fourth-order valence-corrected chi connectivity index (χ4v) is 2.22. The van der Waals surface area contributed by atoms with E-state index in [2.05, 4.69) is 16.1 Å². The topological polar surface area (TPSA) is 82.4 Å². The first kappa shape index (κ1) is 18.7. The molecule has 0 aliphatic carbocycles. The summed E-state index contributed by atoms with van der Waals surface area (Å²) in [5.74, 6) is -0.472. The number of rotatable bonds is 8. The quantitative estimate of drug-likeness (QED) is 0.737. The lowest BCUT2D eigenvalue weighted by molar-refractivity contribution is -0.140. The molecule has 0 radical (unpaired) electrons. The van der Waals surface area contributed by atoms with Crippen LogP contribution in [0.25, 0.3) is 0 Å². The Kier molecular flexibility index (Phi) is 7.78. The number of hydrogen-bond acceptors (Lipinski definition) is 5. The van der Waals surface area contributed by atoms with Crippen LogP contribution in [-0.2, 0) is 14.3 Å². The number of hydrogen-bond donors (Lipinski definition) is 1. The van der Waals surface area contributed by atoms with Crippen molar-refractivity contribution >= 4 is 11.9 Å². The lowest BCUT2D eigenvalue weighted by Gasteiger charge is -2.27. The Hall–Kier alpha value is -2.39. The van der Waals surface area contributed by atoms with Crippen LogP contribution < -0.4 is 5.32 Å². The minimum absolute atomic E-state index is 0.0547. The van der Waals surface area contributed by atoms with Gasteiger partial charge < -0.3 is 10.1 Å². The first-order chi connectivity index (χ1) is 11.0. The van der Waals surface area contributed by atoms with Crippen molar-refractivity contribution in [3.63, 3.8) is 0 Å². The van der Waals surface area contributed by atoms with Gasteiger partial charge in [0.2, 0.25) is 5.91 Å². The molecule has 6 heteroatoms. The van der Waals surface area contributed by atoms with Crippen LogP contribution in [0.2, 0.25) is 0 Å². The average Bonchev–Trinajstić information content (AvgIpc) is 2.58. The molecule has 0 saturated heterocycles. The summed E-state index contributed by atoms with van der Waals surface area (Å²) in [6.07, 6.45) is 0.166. The van der Waals surface area contributed by atoms with Crippen molar-refractivity contribution in [3.8, 4) is 6.07 Å². The van der Waals surface area contributed by atoms with Crippen molar-refractivity contribution in [1.82, 2.24) is 10.2 Å². The van der Waals surface area contributed by atoms with Gasteiger partial charge in [0.1, 0.15) is 0 Å². The summed E-state index contributed by atoms with van der Waals surface area (Å²) in [6.45, 7) is 5.24. The van der Waals surface area contributed by atoms with Gasteiger partial charge in [0.15, 0.2) is 0 Å². The van der Waals surface area contributed by atoms with E-state index in [4.69, 9.17) is 5.26 Å². The van der Waals surface area contributed by atoms with Gasteiger partial charge in [-0.2, -0.15) is 5.26 Å². The molecule has 1 atom stereocenters. The number of methoxy groups -OCH3 is 1. The molecule has 1 amide bonds. The number of carbonyl (C=O) groups is 2. The Morgan fingerprint density at radius 3 is 2.52 bits per heavy atom. The molecule has 124 valence electrons. The summed E-state index contributed by atoms with van der Waals surface area (Å²) in [5, 5.41) is 11.5. The second kappa shape index (κ2) is 9.59. The van der Waals surface area contributed by atoms with E-state index in [-0.39, 0.29) is 37.4 Å². The molecule has 0 aromatic heterocycles. The summed E-state index contributed by atoms with van der Waals surface area (Å²) in [6, 6.07) is 9.50. The molecule has 0 heterocycles. The number of likely N-dealkylation sites (N-methyl/N-ethyl adjacent to an activating group) is 1. The van der Waals surface area contributed by atoms with Gasteiger partial charge in [-0.15, -0.1) is 0 Å². The highest BCUT2D eigenvalue weighted by Crippen LogP contribution is 2.20. The van der Waals surface area contributed by atoms with E-state index < -0.39 is 0 Å². The summed E-state index contributed by atoms with van der Waals surface area (Å²) in [7, 11) is 1.32. The molecule has 0 saturated carbocycles. The van der Waals surface area contributed by atoms with Crippen LogP contribution in [0.4, 0.5) is 0 Å². The molecule has 6 nitrogen and oxygen atoms in total. The predicted molar refractivity (Wildman–Crippen MR) is 86.5 cm³/mol. The Labute approximate surface area is 137 Å². The Morgan fingerprint density at radius 1 is 1.35 bits per heavy atom. The maximum Gasteiger partial charge on any atom is 0.307 e. The summed E-state index contributed by atoms with van der Waals surface area (Å²) < 4.78 is 4.53. The SMILES string of the molecule is CCN(CC(=O)NCCC(=O)OC)C(C)c1ccc(C#N)cc1. The van der Waals surface area contributed by atoms with E-state index in [1.165, 1.54) is 7.11 Å².